The van der Waals surface area contributed by atoms with E-state index in [2.05, 4.69) is 4.98 Å². The maximum absolute atomic E-state index is 13.1. The standard InChI is InChI=1S/C25H30FN3O4S/c1-2-33-25(32)19-9-13-29(14-10-19)24(31)21-16-34-23(27-21)18-7-11-28(12-8-18)22(30)15-17-3-5-20(26)6-4-17/h3-6,16,18-19H,2,7-15H2,1H3. The molecule has 2 fully saturated rings. The second-order valence-corrected chi connectivity index (χ2v) is 9.74. The molecule has 0 bridgehead atoms. The number of amides is 2. The molecule has 7 nitrogen and oxygen atoms in total. The number of carbonyl (C=O) groups excluding carboxylic acids is 3. The Morgan fingerprint density at radius 3 is 2.32 bits per heavy atom. The van der Waals surface area contributed by atoms with Gasteiger partial charge in [-0.25, -0.2) is 9.37 Å². The third kappa shape index (κ3) is 5.81. The smallest absolute Gasteiger partial charge is 0.309 e. The highest BCUT2D eigenvalue weighted by Crippen LogP contribution is 2.31. The number of aromatic nitrogens is 1. The van der Waals surface area contributed by atoms with Crippen molar-refractivity contribution in [1.82, 2.24) is 14.8 Å². The molecule has 34 heavy (non-hydrogen) atoms. The van der Waals surface area contributed by atoms with Gasteiger partial charge in [0.15, 0.2) is 0 Å². The highest BCUT2D eigenvalue weighted by molar-refractivity contribution is 7.09. The third-order valence-electron chi connectivity index (χ3n) is 6.61. The average molecular weight is 488 g/mol. The van der Waals surface area contributed by atoms with Gasteiger partial charge >= 0.3 is 5.97 Å². The van der Waals surface area contributed by atoms with E-state index in [9.17, 15) is 18.8 Å². The van der Waals surface area contributed by atoms with E-state index < -0.39 is 0 Å². The van der Waals surface area contributed by atoms with Crippen LogP contribution in [-0.2, 0) is 20.7 Å². The second-order valence-electron chi connectivity index (χ2n) is 8.85. The summed E-state index contributed by atoms with van der Waals surface area (Å²) < 4.78 is 18.2. The minimum absolute atomic E-state index is 0.0475. The van der Waals surface area contributed by atoms with Gasteiger partial charge in [0.25, 0.3) is 5.91 Å². The topological polar surface area (TPSA) is 79.8 Å². The Bertz CT molecular complexity index is 1010. The lowest BCUT2D eigenvalue weighted by atomic mass is 9.96. The van der Waals surface area contributed by atoms with Crippen molar-refractivity contribution in [1.29, 1.82) is 0 Å². The summed E-state index contributed by atoms with van der Waals surface area (Å²) in [6.45, 7) is 4.53. The number of likely N-dealkylation sites (tertiary alicyclic amines) is 2. The van der Waals surface area contributed by atoms with Crippen LogP contribution in [0.4, 0.5) is 4.39 Å². The molecule has 4 rings (SSSR count). The van der Waals surface area contributed by atoms with Crippen LogP contribution in [-0.4, -0.2) is 65.4 Å². The van der Waals surface area contributed by atoms with Crippen LogP contribution in [0, 0.1) is 11.7 Å². The van der Waals surface area contributed by atoms with E-state index in [-0.39, 0.29) is 41.9 Å². The van der Waals surface area contributed by atoms with Crippen molar-refractivity contribution in [2.75, 3.05) is 32.8 Å². The maximum Gasteiger partial charge on any atom is 0.309 e. The first-order valence-corrected chi connectivity index (χ1v) is 12.8. The van der Waals surface area contributed by atoms with Crippen LogP contribution >= 0.6 is 11.3 Å². The number of halogens is 1. The van der Waals surface area contributed by atoms with Crippen LogP contribution in [0.3, 0.4) is 0 Å². The van der Waals surface area contributed by atoms with Gasteiger partial charge in [-0.3, -0.25) is 14.4 Å². The lowest BCUT2D eigenvalue weighted by molar-refractivity contribution is -0.149. The normalized spacial score (nSPS) is 17.6. The number of thiazole rings is 1. The fourth-order valence-corrected chi connectivity index (χ4v) is 5.54. The van der Waals surface area contributed by atoms with Crippen molar-refractivity contribution >= 4 is 29.1 Å². The number of nitrogens with zero attached hydrogens (tertiary/aromatic N) is 3. The summed E-state index contributed by atoms with van der Waals surface area (Å²) in [7, 11) is 0. The molecular formula is C25H30FN3O4S. The fourth-order valence-electron chi connectivity index (χ4n) is 4.58. The zero-order valence-corrected chi connectivity index (χ0v) is 20.2. The van der Waals surface area contributed by atoms with E-state index in [0.29, 0.717) is 51.3 Å². The van der Waals surface area contributed by atoms with Gasteiger partial charge in [-0.1, -0.05) is 12.1 Å². The number of ether oxygens (including phenoxy) is 1. The summed E-state index contributed by atoms with van der Waals surface area (Å²) in [4.78, 5) is 45.7. The van der Waals surface area contributed by atoms with E-state index in [1.807, 2.05) is 10.3 Å². The molecule has 182 valence electrons. The number of benzene rings is 1. The third-order valence-corrected chi connectivity index (χ3v) is 7.62. The van der Waals surface area contributed by atoms with Crippen molar-refractivity contribution in [2.45, 2.75) is 44.9 Å². The zero-order chi connectivity index (χ0) is 24.1. The summed E-state index contributed by atoms with van der Waals surface area (Å²) in [5.41, 5.74) is 1.27. The highest BCUT2D eigenvalue weighted by atomic mass is 32.1. The predicted octanol–water partition coefficient (Wildman–Crippen LogP) is 3.65. The van der Waals surface area contributed by atoms with E-state index >= 15 is 0 Å². The van der Waals surface area contributed by atoms with Crippen molar-refractivity contribution < 1.29 is 23.5 Å². The van der Waals surface area contributed by atoms with Crippen LogP contribution in [0.5, 0.6) is 0 Å². The van der Waals surface area contributed by atoms with Crippen LogP contribution in [0.15, 0.2) is 29.6 Å². The lowest BCUT2D eigenvalue weighted by Crippen LogP contribution is -2.40. The highest BCUT2D eigenvalue weighted by Gasteiger charge is 2.31. The number of hydrogen-bond donors (Lipinski definition) is 0. The molecule has 2 aromatic rings. The van der Waals surface area contributed by atoms with Gasteiger partial charge in [0.2, 0.25) is 5.91 Å². The number of rotatable bonds is 6. The molecule has 0 unspecified atom stereocenters. The quantitative estimate of drug-likeness (QED) is 0.581. The minimum Gasteiger partial charge on any atom is -0.466 e. The van der Waals surface area contributed by atoms with Crippen molar-refractivity contribution in [3.05, 3.63) is 51.7 Å². The molecule has 1 aromatic heterocycles. The molecule has 0 aliphatic carbocycles. The van der Waals surface area contributed by atoms with Gasteiger partial charge < -0.3 is 14.5 Å². The molecule has 0 radical (unpaired) electrons. The van der Waals surface area contributed by atoms with E-state index in [4.69, 9.17) is 4.74 Å². The molecule has 0 saturated carbocycles. The maximum atomic E-state index is 13.1. The van der Waals surface area contributed by atoms with Crippen LogP contribution in [0.1, 0.15) is 59.6 Å². The van der Waals surface area contributed by atoms with Gasteiger partial charge in [-0.15, -0.1) is 11.3 Å². The summed E-state index contributed by atoms with van der Waals surface area (Å²) in [5.74, 6) is -0.419. The molecule has 3 heterocycles. The monoisotopic (exact) mass is 487 g/mol. The number of hydrogen-bond acceptors (Lipinski definition) is 6. The van der Waals surface area contributed by atoms with E-state index in [0.717, 1.165) is 23.4 Å². The molecule has 0 spiro atoms. The van der Waals surface area contributed by atoms with Gasteiger partial charge in [-0.2, -0.15) is 0 Å². The van der Waals surface area contributed by atoms with Crippen LogP contribution < -0.4 is 0 Å². The number of esters is 1. The molecular weight excluding hydrogens is 457 g/mol. The second kappa shape index (κ2) is 11.1. The Labute approximate surface area is 202 Å². The van der Waals surface area contributed by atoms with Gasteiger partial charge in [0, 0.05) is 37.5 Å². The van der Waals surface area contributed by atoms with E-state index in [1.165, 1.54) is 23.5 Å². The molecule has 1 aromatic carbocycles. The molecule has 0 N–H and O–H groups in total. The van der Waals surface area contributed by atoms with Crippen LogP contribution in [0.25, 0.3) is 0 Å². The van der Waals surface area contributed by atoms with Gasteiger partial charge in [-0.05, 0) is 50.3 Å². The first-order chi connectivity index (χ1) is 16.4. The Morgan fingerprint density at radius 2 is 1.68 bits per heavy atom. The average Bonchev–Trinajstić information content (AvgIpc) is 3.36. The fraction of sp³-hybridized carbons (Fsp3) is 0.520. The van der Waals surface area contributed by atoms with Gasteiger partial charge in [0.1, 0.15) is 11.5 Å². The summed E-state index contributed by atoms with van der Waals surface area (Å²) in [6, 6.07) is 6.04. The lowest BCUT2D eigenvalue weighted by Gasteiger charge is -2.31. The first-order valence-electron chi connectivity index (χ1n) is 11.9. The summed E-state index contributed by atoms with van der Waals surface area (Å²) in [6.07, 6.45) is 3.12. The molecule has 9 heteroatoms. The largest absolute Gasteiger partial charge is 0.466 e. The summed E-state index contributed by atoms with van der Waals surface area (Å²) in [5, 5.41) is 2.76. The Hall–Kier alpha value is -2.81. The predicted molar refractivity (Wildman–Crippen MR) is 126 cm³/mol. The van der Waals surface area contributed by atoms with Crippen molar-refractivity contribution in [3.63, 3.8) is 0 Å². The molecule has 2 amide bonds. The Balaban J connectivity index is 1.26. The zero-order valence-electron chi connectivity index (χ0n) is 19.4. The van der Waals surface area contributed by atoms with Crippen LogP contribution in [0.2, 0.25) is 0 Å². The molecule has 2 saturated heterocycles. The van der Waals surface area contributed by atoms with Crippen molar-refractivity contribution in [2.24, 2.45) is 5.92 Å². The minimum atomic E-state index is -0.306. The number of carbonyl (C=O) groups is 3. The first kappa shape index (κ1) is 24.3. The molecule has 2 aliphatic rings. The Kier molecular flexibility index (Phi) is 7.92. The Morgan fingerprint density at radius 1 is 1.03 bits per heavy atom. The molecule has 2 aliphatic heterocycles. The molecule has 0 atom stereocenters. The SMILES string of the molecule is CCOC(=O)C1CCN(C(=O)c2csc(C3CCN(C(=O)Cc4ccc(F)cc4)CC3)n2)CC1. The van der Waals surface area contributed by atoms with E-state index in [1.54, 1.807) is 24.0 Å². The van der Waals surface area contributed by atoms with Gasteiger partial charge in [0.05, 0.1) is 24.0 Å². The van der Waals surface area contributed by atoms with Crippen molar-refractivity contribution in [3.8, 4) is 0 Å². The summed E-state index contributed by atoms with van der Waals surface area (Å²) >= 11 is 1.50. The number of piperidine rings is 2.